The Labute approximate surface area is 172 Å². The van der Waals surface area contributed by atoms with Crippen LogP contribution in [0.3, 0.4) is 0 Å². The zero-order valence-electron chi connectivity index (χ0n) is 16.2. The van der Waals surface area contributed by atoms with Crippen LogP contribution in [0.15, 0.2) is 79.1 Å². The van der Waals surface area contributed by atoms with Crippen LogP contribution >= 0.6 is 0 Å². The molecule has 4 heterocycles. The summed E-state index contributed by atoms with van der Waals surface area (Å²) in [7, 11) is 0. The van der Waals surface area contributed by atoms with E-state index in [1.165, 1.54) is 6.07 Å². The van der Waals surface area contributed by atoms with E-state index in [2.05, 4.69) is 16.4 Å². The molecule has 2 aromatic carbocycles. The fourth-order valence-corrected chi connectivity index (χ4v) is 4.27. The number of pyridine rings is 2. The minimum absolute atomic E-state index is 0.262. The average molecular weight is 392 g/mol. The Balaban J connectivity index is 1.69. The van der Waals surface area contributed by atoms with E-state index >= 15 is 4.39 Å². The molecular weight excluding hydrogens is 375 g/mol. The second kappa shape index (κ2) is 6.26. The number of para-hydroxylation sites is 1. The largest absolute Gasteiger partial charge is 0.339 e. The van der Waals surface area contributed by atoms with E-state index in [0.717, 1.165) is 45.0 Å². The number of benzene rings is 2. The van der Waals surface area contributed by atoms with Crippen molar-refractivity contribution in [2.24, 2.45) is 0 Å². The van der Waals surface area contributed by atoms with Gasteiger partial charge in [0.2, 0.25) is 0 Å². The third kappa shape index (κ3) is 2.32. The van der Waals surface area contributed by atoms with Crippen molar-refractivity contribution in [3.63, 3.8) is 0 Å². The first kappa shape index (κ1) is 16.9. The summed E-state index contributed by atoms with van der Waals surface area (Å²) < 4.78 is 16.9. The van der Waals surface area contributed by atoms with Gasteiger partial charge in [-0.05, 0) is 36.2 Å². The number of nitrogens with one attached hydrogen (secondary N) is 1. The van der Waals surface area contributed by atoms with Crippen molar-refractivity contribution in [2.45, 2.75) is 6.92 Å². The number of aromatic nitrogens is 3. The predicted molar refractivity (Wildman–Crippen MR) is 117 cm³/mol. The normalized spacial score (nSPS) is 11.9. The van der Waals surface area contributed by atoms with Crippen molar-refractivity contribution in [1.29, 1.82) is 0 Å². The standard InChI is InChI=1S/C25H17FN4/c1-15-6-4-10-19-22(15)29-25-23(28-21-12-11-20(26)24(19)30(21)25)18-9-3-2-8-17(18)16-7-5-13-27-14-16/h2-14,29H,1H3. The monoisotopic (exact) mass is 392 g/mol. The van der Waals surface area contributed by atoms with Gasteiger partial charge >= 0.3 is 0 Å². The molecule has 1 aliphatic rings. The lowest BCUT2D eigenvalue weighted by Crippen LogP contribution is -2.10. The molecule has 5 heteroatoms. The summed E-state index contributed by atoms with van der Waals surface area (Å²) in [6.07, 6.45) is 3.61. The third-order valence-electron chi connectivity index (χ3n) is 5.66. The molecule has 6 rings (SSSR count). The van der Waals surface area contributed by atoms with Gasteiger partial charge in [-0.1, -0.05) is 48.5 Å². The van der Waals surface area contributed by atoms with Gasteiger partial charge in [-0.3, -0.25) is 9.38 Å². The maximum atomic E-state index is 15.0. The summed E-state index contributed by atoms with van der Waals surface area (Å²) in [5, 5.41) is 3.54. The van der Waals surface area contributed by atoms with Gasteiger partial charge in [0, 0.05) is 29.1 Å². The Morgan fingerprint density at radius 3 is 2.53 bits per heavy atom. The predicted octanol–water partition coefficient (Wildman–Crippen LogP) is 6.23. The summed E-state index contributed by atoms with van der Waals surface area (Å²) in [5.41, 5.74) is 7.86. The van der Waals surface area contributed by atoms with Crippen LogP contribution in [-0.2, 0) is 0 Å². The molecule has 1 N–H and O–H groups in total. The first-order chi connectivity index (χ1) is 14.7. The number of hydrogen-bond acceptors (Lipinski definition) is 3. The maximum absolute atomic E-state index is 15.0. The Morgan fingerprint density at radius 1 is 0.867 bits per heavy atom. The molecule has 0 unspecified atom stereocenters. The van der Waals surface area contributed by atoms with Gasteiger partial charge in [-0.25, -0.2) is 9.37 Å². The molecular formula is C25H17FN4. The number of rotatable bonds is 2. The molecule has 30 heavy (non-hydrogen) atoms. The number of nitrogens with zero attached hydrogens (tertiary/aromatic N) is 3. The van der Waals surface area contributed by atoms with Gasteiger partial charge in [0.25, 0.3) is 0 Å². The maximum Gasteiger partial charge on any atom is 0.148 e. The first-order valence-electron chi connectivity index (χ1n) is 9.80. The molecule has 0 amide bonds. The van der Waals surface area contributed by atoms with Gasteiger partial charge < -0.3 is 5.32 Å². The third-order valence-corrected chi connectivity index (χ3v) is 5.66. The Kier molecular flexibility index (Phi) is 3.53. The summed E-state index contributed by atoms with van der Waals surface area (Å²) in [5.74, 6) is 0.513. The number of fused-ring (bicyclic) bond motifs is 2. The van der Waals surface area contributed by atoms with E-state index in [1.54, 1.807) is 12.3 Å². The van der Waals surface area contributed by atoms with Crippen molar-refractivity contribution in [3.8, 4) is 33.6 Å². The van der Waals surface area contributed by atoms with Crippen LogP contribution in [0.2, 0.25) is 0 Å². The average Bonchev–Trinajstić information content (AvgIpc) is 3.16. The number of imidazole rings is 1. The molecule has 3 aromatic heterocycles. The second-order valence-electron chi connectivity index (χ2n) is 7.44. The van der Waals surface area contributed by atoms with Crippen LogP contribution in [0.4, 0.5) is 15.9 Å². The quantitative estimate of drug-likeness (QED) is 0.380. The van der Waals surface area contributed by atoms with Crippen molar-refractivity contribution in [1.82, 2.24) is 14.4 Å². The zero-order valence-corrected chi connectivity index (χ0v) is 16.2. The van der Waals surface area contributed by atoms with Crippen LogP contribution in [0.1, 0.15) is 5.56 Å². The van der Waals surface area contributed by atoms with E-state index < -0.39 is 0 Å². The molecule has 0 saturated heterocycles. The molecule has 0 saturated carbocycles. The van der Waals surface area contributed by atoms with Crippen LogP contribution in [0.25, 0.3) is 39.3 Å². The smallest absolute Gasteiger partial charge is 0.148 e. The van der Waals surface area contributed by atoms with Crippen LogP contribution < -0.4 is 5.32 Å². The molecule has 0 aliphatic carbocycles. The molecule has 4 nitrogen and oxygen atoms in total. The minimum atomic E-state index is -0.262. The second-order valence-corrected chi connectivity index (χ2v) is 7.44. The Morgan fingerprint density at radius 2 is 1.70 bits per heavy atom. The molecule has 0 spiro atoms. The topological polar surface area (TPSA) is 42.2 Å². The van der Waals surface area contributed by atoms with Crippen molar-refractivity contribution >= 4 is 17.2 Å². The van der Waals surface area contributed by atoms with Crippen LogP contribution in [0, 0.1) is 12.7 Å². The number of halogens is 1. The Hall–Kier alpha value is -3.99. The highest BCUT2D eigenvalue weighted by atomic mass is 19.1. The fraction of sp³-hybridized carbons (Fsp3) is 0.0400. The molecule has 1 aliphatic heterocycles. The molecule has 0 radical (unpaired) electrons. The van der Waals surface area contributed by atoms with Crippen LogP contribution in [-0.4, -0.2) is 14.4 Å². The molecule has 0 bridgehead atoms. The summed E-state index contributed by atoms with van der Waals surface area (Å²) in [6.45, 7) is 2.03. The van der Waals surface area contributed by atoms with Crippen molar-refractivity contribution < 1.29 is 4.39 Å². The van der Waals surface area contributed by atoms with Gasteiger partial charge in [0.1, 0.15) is 23.0 Å². The lowest BCUT2D eigenvalue weighted by molar-refractivity contribution is 0.624. The summed E-state index contributed by atoms with van der Waals surface area (Å²) in [6, 6.07) is 21.2. The van der Waals surface area contributed by atoms with Gasteiger partial charge in [-0.15, -0.1) is 0 Å². The first-order valence-corrected chi connectivity index (χ1v) is 9.80. The number of anilines is 2. The van der Waals surface area contributed by atoms with E-state index in [0.29, 0.717) is 11.3 Å². The highest BCUT2D eigenvalue weighted by molar-refractivity contribution is 5.95. The highest BCUT2D eigenvalue weighted by Crippen LogP contribution is 2.45. The lowest BCUT2D eigenvalue weighted by atomic mass is 9.98. The van der Waals surface area contributed by atoms with Gasteiger partial charge in [0.05, 0.1) is 11.4 Å². The Bertz CT molecular complexity index is 1440. The minimum Gasteiger partial charge on any atom is -0.339 e. The van der Waals surface area contributed by atoms with Crippen molar-refractivity contribution in [3.05, 3.63) is 90.5 Å². The molecule has 0 fully saturated rings. The van der Waals surface area contributed by atoms with E-state index in [4.69, 9.17) is 4.98 Å². The van der Waals surface area contributed by atoms with Crippen LogP contribution in [0.5, 0.6) is 0 Å². The highest BCUT2D eigenvalue weighted by Gasteiger charge is 2.27. The van der Waals surface area contributed by atoms with Crippen molar-refractivity contribution in [2.75, 3.05) is 5.32 Å². The molecule has 144 valence electrons. The lowest BCUT2D eigenvalue weighted by Gasteiger charge is -2.23. The number of aryl methyl sites for hydroxylation is 1. The zero-order chi connectivity index (χ0) is 20.2. The molecule has 0 atom stereocenters. The van der Waals surface area contributed by atoms with Gasteiger partial charge in [-0.2, -0.15) is 0 Å². The molecule has 5 aromatic rings. The fourth-order valence-electron chi connectivity index (χ4n) is 4.27. The van der Waals surface area contributed by atoms with E-state index in [9.17, 15) is 0 Å². The van der Waals surface area contributed by atoms with E-state index in [-0.39, 0.29) is 5.82 Å². The SMILES string of the molecule is Cc1cccc2c1Nc1c(-c3ccccc3-c3cccnc3)nc3ccc(F)c-2n13. The van der Waals surface area contributed by atoms with E-state index in [1.807, 2.05) is 66.1 Å². The summed E-state index contributed by atoms with van der Waals surface area (Å²) >= 11 is 0. The summed E-state index contributed by atoms with van der Waals surface area (Å²) in [4.78, 5) is 9.18. The van der Waals surface area contributed by atoms with Gasteiger partial charge in [0.15, 0.2) is 0 Å². The number of hydrogen-bond donors (Lipinski definition) is 1.